The predicted molar refractivity (Wildman–Crippen MR) is 84.7 cm³/mol. The largest absolute Gasteiger partial charge is 0.373 e. The monoisotopic (exact) mass is 288 g/mol. The molecule has 0 spiro atoms. The maximum absolute atomic E-state index is 4.74. The van der Waals surface area contributed by atoms with E-state index in [2.05, 4.69) is 40.5 Å². The molecule has 3 heterocycles. The smallest absolute Gasteiger partial charge is 0.135 e. The van der Waals surface area contributed by atoms with Crippen LogP contribution in [0.5, 0.6) is 0 Å². The minimum atomic E-state index is 0.337. The molecule has 0 aliphatic carbocycles. The van der Waals surface area contributed by atoms with E-state index in [1.807, 2.05) is 24.5 Å². The lowest BCUT2D eigenvalue weighted by Gasteiger charge is -2.28. The van der Waals surface area contributed by atoms with Gasteiger partial charge < -0.3 is 10.2 Å². The number of thiophene rings is 1. The number of anilines is 2. The number of nitrogens with zero attached hydrogens (tertiary/aromatic N) is 3. The van der Waals surface area contributed by atoms with Crippen molar-refractivity contribution in [3.05, 3.63) is 33.8 Å². The highest BCUT2D eigenvalue weighted by molar-refractivity contribution is 7.10. The van der Waals surface area contributed by atoms with E-state index < -0.39 is 0 Å². The van der Waals surface area contributed by atoms with Gasteiger partial charge in [-0.2, -0.15) is 0 Å². The quantitative estimate of drug-likeness (QED) is 0.941. The SMILES string of the molecule is CNc1cc(N2CCc3sccc3C2)nc(C(C)C)n1. The Bertz CT molecular complexity index is 606. The third-order valence-electron chi connectivity index (χ3n) is 3.63. The van der Waals surface area contributed by atoms with Crippen LogP contribution in [0.2, 0.25) is 0 Å². The topological polar surface area (TPSA) is 41.0 Å². The number of hydrogen-bond acceptors (Lipinski definition) is 5. The van der Waals surface area contributed by atoms with Crippen molar-refractivity contribution >= 4 is 23.0 Å². The molecule has 1 aliphatic heterocycles. The van der Waals surface area contributed by atoms with E-state index in [1.165, 1.54) is 10.4 Å². The van der Waals surface area contributed by atoms with Gasteiger partial charge in [0.15, 0.2) is 0 Å². The van der Waals surface area contributed by atoms with Gasteiger partial charge in [0.25, 0.3) is 0 Å². The Balaban J connectivity index is 1.92. The molecule has 0 radical (unpaired) electrons. The van der Waals surface area contributed by atoms with E-state index in [0.717, 1.165) is 37.0 Å². The molecule has 0 saturated carbocycles. The maximum atomic E-state index is 4.74. The van der Waals surface area contributed by atoms with Crippen molar-refractivity contribution in [2.45, 2.75) is 32.7 Å². The van der Waals surface area contributed by atoms with Crippen LogP contribution in [0.1, 0.15) is 36.0 Å². The lowest BCUT2D eigenvalue weighted by Crippen LogP contribution is -2.30. The van der Waals surface area contributed by atoms with Gasteiger partial charge in [-0.1, -0.05) is 13.8 Å². The van der Waals surface area contributed by atoms with E-state index in [4.69, 9.17) is 4.98 Å². The molecule has 2 aromatic heterocycles. The number of fused-ring (bicyclic) bond motifs is 1. The Morgan fingerprint density at radius 1 is 1.35 bits per heavy atom. The molecule has 1 N–H and O–H groups in total. The van der Waals surface area contributed by atoms with Gasteiger partial charge in [0.2, 0.25) is 0 Å². The molecule has 4 nitrogen and oxygen atoms in total. The van der Waals surface area contributed by atoms with Crippen molar-refractivity contribution in [3.8, 4) is 0 Å². The third kappa shape index (κ3) is 2.50. The highest BCUT2D eigenvalue weighted by atomic mass is 32.1. The van der Waals surface area contributed by atoms with E-state index in [-0.39, 0.29) is 0 Å². The molecular formula is C15H20N4S. The van der Waals surface area contributed by atoms with Gasteiger partial charge in [0.1, 0.15) is 17.5 Å². The van der Waals surface area contributed by atoms with E-state index in [9.17, 15) is 0 Å². The zero-order valence-corrected chi connectivity index (χ0v) is 13.0. The fourth-order valence-corrected chi connectivity index (χ4v) is 3.33. The summed E-state index contributed by atoms with van der Waals surface area (Å²) in [6, 6.07) is 4.28. The lowest BCUT2D eigenvalue weighted by atomic mass is 10.1. The minimum absolute atomic E-state index is 0.337. The second-order valence-corrected chi connectivity index (χ2v) is 6.42. The molecule has 20 heavy (non-hydrogen) atoms. The van der Waals surface area contributed by atoms with Crippen LogP contribution < -0.4 is 10.2 Å². The van der Waals surface area contributed by atoms with Gasteiger partial charge in [0.05, 0.1) is 0 Å². The van der Waals surface area contributed by atoms with Gasteiger partial charge in [-0.3, -0.25) is 0 Å². The Morgan fingerprint density at radius 2 is 2.20 bits per heavy atom. The first-order valence-electron chi connectivity index (χ1n) is 7.04. The van der Waals surface area contributed by atoms with Crippen LogP contribution in [0.15, 0.2) is 17.5 Å². The van der Waals surface area contributed by atoms with Crippen molar-refractivity contribution in [3.63, 3.8) is 0 Å². The molecular weight excluding hydrogens is 268 g/mol. The lowest BCUT2D eigenvalue weighted by molar-refractivity contribution is 0.711. The highest BCUT2D eigenvalue weighted by Crippen LogP contribution is 2.28. The average molecular weight is 288 g/mol. The first kappa shape index (κ1) is 13.4. The van der Waals surface area contributed by atoms with Crippen LogP contribution in [0, 0.1) is 0 Å². The summed E-state index contributed by atoms with van der Waals surface area (Å²) in [6.45, 7) is 6.25. The van der Waals surface area contributed by atoms with Crippen molar-refractivity contribution < 1.29 is 0 Å². The first-order chi connectivity index (χ1) is 9.67. The molecule has 3 rings (SSSR count). The van der Waals surface area contributed by atoms with Crippen LogP contribution in [0.3, 0.4) is 0 Å². The van der Waals surface area contributed by atoms with Crippen LogP contribution >= 0.6 is 11.3 Å². The number of rotatable bonds is 3. The molecule has 0 bridgehead atoms. The minimum Gasteiger partial charge on any atom is -0.373 e. The van der Waals surface area contributed by atoms with Crippen molar-refractivity contribution in [2.75, 3.05) is 23.8 Å². The zero-order chi connectivity index (χ0) is 14.1. The summed E-state index contributed by atoms with van der Waals surface area (Å²) < 4.78 is 0. The number of hydrogen-bond donors (Lipinski definition) is 1. The fourth-order valence-electron chi connectivity index (χ4n) is 2.44. The van der Waals surface area contributed by atoms with Gasteiger partial charge >= 0.3 is 0 Å². The Hall–Kier alpha value is -1.62. The molecule has 0 fully saturated rings. The predicted octanol–water partition coefficient (Wildman–Crippen LogP) is 3.27. The van der Waals surface area contributed by atoms with Crippen LogP contribution in [0.25, 0.3) is 0 Å². The molecule has 0 saturated heterocycles. The first-order valence-corrected chi connectivity index (χ1v) is 7.92. The van der Waals surface area contributed by atoms with Crippen molar-refractivity contribution in [1.29, 1.82) is 0 Å². The summed E-state index contributed by atoms with van der Waals surface area (Å²) in [4.78, 5) is 13.1. The summed E-state index contributed by atoms with van der Waals surface area (Å²) >= 11 is 1.87. The molecule has 0 atom stereocenters. The second-order valence-electron chi connectivity index (χ2n) is 5.41. The standard InChI is InChI=1S/C15H20N4S/c1-10(2)15-17-13(16-3)8-14(18-15)19-6-4-12-11(9-19)5-7-20-12/h5,7-8,10H,4,6,9H2,1-3H3,(H,16,17,18). The Labute approximate surface area is 123 Å². The summed E-state index contributed by atoms with van der Waals surface area (Å²) in [6.07, 6.45) is 1.11. The van der Waals surface area contributed by atoms with Crippen LogP contribution in [-0.4, -0.2) is 23.6 Å². The maximum Gasteiger partial charge on any atom is 0.135 e. The zero-order valence-electron chi connectivity index (χ0n) is 12.2. The third-order valence-corrected chi connectivity index (χ3v) is 4.66. The molecule has 106 valence electrons. The molecule has 0 unspecified atom stereocenters. The van der Waals surface area contributed by atoms with E-state index in [0.29, 0.717) is 5.92 Å². The fraction of sp³-hybridized carbons (Fsp3) is 0.467. The average Bonchev–Trinajstić information content (AvgIpc) is 2.94. The van der Waals surface area contributed by atoms with Crippen molar-refractivity contribution in [2.24, 2.45) is 0 Å². The van der Waals surface area contributed by atoms with Gasteiger partial charge in [0, 0.05) is 37.0 Å². The Kier molecular flexibility index (Phi) is 3.61. The number of nitrogens with one attached hydrogen (secondary N) is 1. The normalized spacial score (nSPS) is 14.5. The summed E-state index contributed by atoms with van der Waals surface area (Å²) in [5.41, 5.74) is 1.44. The van der Waals surface area contributed by atoms with E-state index >= 15 is 0 Å². The molecule has 5 heteroatoms. The number of aromatic nitrogens is 2. The highest BCUT2D eigenvalue weighted by Gasteiger charge is 2.20. The molecule has 0 amide bonds. The van der Waals surface area contributed by atoms with Crippen LogP contribution in [-0.2, 0) is 13.0 Å². The van der Waals surface area contributed by atoms with Gasteiger partial charge in [-0.05, 0) is 23.4 Å². The van der Waals surface area contributed by atoms with Crippen molar-refractivity contribution in [1.82, 2.24) is 9.97 Å². The Morgan fingerprint density at radius 3 is 2.95 bits per heavy atom. The molecule has 1 aliphatic rings. The van der Waals surface area contributed by atoms with Gasteiger partial charge in [-0.15, -0.1) is 11.3 Å². The van der Waals surface area contributed by atoms with Gasteiger partial charge in [-0.25, -0.2) is 9.97 Å². The molecule has 2 aromatic rings. The van der Waals surface area contributed by atoms with E-state index in [1.54, 1.807) is 0 Å². The van der Waals surface area contributed by atoms with Crippen LogP contribution in [0.4, 0.5) is 11.6 Å². The summed E-state index contributed by atoms with van der Waals surface area (Å²) in [5.74, 6) is 3.17. The summed E-state index contributed by atoms with van der Waals surface area (Å²) in [7, 11) is 1.91. The summed E-state index contributed by atoms with van der Waals surface area (Å²) in [5, 5.41) is 5.33. The second kappa shape index (κ2) is 5.40. The molecule has 0 aromatic carbocycles.